The van der Waals surface area contributed by atoms with Crippen molar-refractivity contribution in [2.24, 2.45) is 0 Å². The molecule has 0 spiro atoms. The lowest BCUT2D eigenvalue weighted by Crippen LogP contribution is -2.29. The predicted octanol–water partition coefficient (Wildman–Crippen LogP) is 6.23. The fraction of sp³-hybridized carbons (Fsp3) is 0.320. The molecule has 0 saturated carbocycles. The average Bonchev–Trinajstić information content (AvgIpc) is 2.80. The van der Waals surface area contributed by atoms with E-state index in [4.69, 9.17) is 16.3 Å². The number of halogens is 2. The van der Waals surface area contributed by atoms with E-state index >= 15 is 0 Å². The second-order valence-electron chi connectivity index (χ2n) is 7.75. The van der Waals surface area contributed by atoms with E-state index < -0.39 is 5.82 Å². The van der Waals surface area contributed by atoms with Gasteiger partial charge >= 0.3 is 0 Å². The van der Waals surface area contributed by atoms with Crippen LogP contribution >= 0.6 is 11.6 Å². The molecule has 1 aliphatic rings. The van der Waals surface area contributed by atoms with E-state index in [1.54, 1.807) is 6.07 Å². The molecule has 3 aromatic rings. The maximum absolute atomic E-state index is 14.3. The van der Waals surface area contributed by atoms with Crippen LogP contribution in [0.25, 0.3) is 10.8 Å². The van der Waals surface area contributed by atoms with Crippen molar-refractivity contribution in [1.29, 1.82) is 0 Å². The van der Waals surface area contributed by atoms with Crippen LogP contribution < -0.4 is 15.0 Å². The van der Waals surface area contributed by atoms with Gasteiger partial charge in [0.05, 0.1) is 6.61 Å². The van der Waals surface area contributed by atoms with Gasteiger partial charge in [-0.1, -0.05) is 24.3 Å². The quantitative estimate of drug-likeness (QED) is 0.350. The molecular weight excluding hydrogens is 415 g/mol. The van der Waals surface area contributed by atoms with Gasteiger partial charge in [-0.2, -0.15) is 0 Å². The number of amides is 1. The first-order valence-corrected chi connectivity index (χ1v) is 11.3. The second kappa shape index (κ2) is 10.0. The fourth-order valence-electron chi connectivity index (χ4n) is 3.98. The van der Waals surface area contributed by atoms with Crippen molar-refractivity contribution in [2.45, 2.75) is 25.7 Å². The summed E-state index contributed by atoms with van der Waals surface area (Å²) < 4.78 is 20.2. The monoisotopic (exact) mass is 440 g/mol. The van der Waals surface area contributed by atoms with Crippen molar-refractivity contribution in [3.05, 3.63) is 66.0 Å². The number of alkyl halides is 1. The SMILES string of the molecule is O=C(Nc1ccc(OCCCCl)c2ccccc12)c1cc(F)cc(N2CCCCC2)c1. The first-order valence-electron chi connectivity index (χ1n) is 10.7. The maximum atomic E-state index is 14.3. The number of nitrogens with one attached hydrogen (secondary N) is 1. The molecule has 1 fully saturated rings. The van der Waals surface area contributed by atoms with Gasteiger partial charge in [-0.05, 0) is 56.0 Å². The van der Waals surface area contributed by atoms with Crippen LogP contribution in [0, 0.1) is 5.82 Å². The Morgan fingerprint density at radius 3 is 2.58 bits per heavy atom. The van der Waals surface area contributed by atoms with Gasteiger partial charge < -0.3 is 15.0 Å². The van der Waals surface area contributed by atoms with E-state index in [2.05, 4.69) is 10.2 Å². The van der Waals surface area contributed by atoms with Crippen molar-refractivity contribution in [1.82, 2.24) is 0 Å². The minimum absolute atomic E-state index is 0.312. The zero-order valence-electron chi connectivity index (χ0n) is 17.4. The molecule has 4 nitrogen and oxygen atoms in total. The highest BCUT2D eigenvalue weighted by Gasteiger charge is 2.16. The lowest BCUT2D eigenvalue weighted by Gasteiger charge is -2.29. The Morgan fingerprint density at radius 2 is 1.81 bits per heavy atom. The number of piperidine rings is 1. The standard InChI is InChI=1S/C25H26ClFN2O2/c26-11-6-14-31-24-10-9-23(21-7-2-3-8-22(21)24)28-25(30)18-15-19(27)17-20(16-18)29-12-4-1-5-13-29/h2-3,7-10,15-17H,1,4-6,11-14H2,(H,28,30). The number of carbonyl (C=O) groups excluding carboxylic acids is 1. The zero-order valence-corrected chi connectivity index (χ0v) is 18.1. The number of ether oxygens (including phenoxy) is 1. The van der Waals surface area contributed by atoms with E-state index in [0.717, 1.165) is 54.6 Å². The summed E-state index contributed by atoms with van der Waals surface area (Å²) in [5, 5.41) is 4.73. The first-order chi connectivity index (χ1) is 15.2. The lowest BCUT2D eigenvalue weighted by atomic mass is 10.1. The molecule has 3 aromatic carbocycles. The second-order valence-corrected chi connectivity index (χ2v) is 8.13. The van der Waals surface area contributed by atoms with Crippen LogP contribution in [-0.2, 0) is 0 Å². The van der Waals surface area contributed by atoms with Crippen molar-refractivity contribution >= 4 is 39.7 Å². The Morgan fingerprint density at radius 1 is 1.03 bits per heavy atom. The maximum Gasteiger partial charge on any atom is 0.255 e. The Labute approximate surface area is 187 Å². The van der Waals surface area contributed by atoms with Gasteiger partial charge in [-0.15, -0.1) is 11.6 Å². The third kappa shape index (κ3) is 5.10. The highest BCUT2D eigenvalue weighted by atomic mass is 35.5. The van der Waals surface area contributed by atoms with Gasteiger partial charge in [0.1, 0.15) is 11.6 Å². The number of rotatable bonds is 7. The number of hydrogen-bond acceptors (Lipinski definition) is 3. The summed E-state index contributed by atoms with van der Waals surface area (Å²) in [5.74, 6) is 0.552. The molecule has 4 rings (SSSR count). The van der Waals surface area contributed by atoms with Crippen molar-refractivity contribution in [3.8, 4) is 5.75 Å². The number of carbonyl (C=O) groups is 1. The summed E-state index contributed by atoms with van der Waals surface area (Å²) in [7, 11) is 0. The molecule has 1 saturated heterocycles. The lowest BCUT2D eigenvalue weighted by molar-refractivity contribution is 0.102. The summed E-state index contributed by atoms with van der Waals surface area (Å²) in [6, 6.07) is 16.0. The Hall–Kier alpha value is -2.79. The summed E-state index contributed by atoms with van der Waals surface area (Å²) in [6.45, 7) is 2.31. The van der Waals surface area contributed by atoms with Gasteiger partial charge in [0.15, 0.2) is 0 Å². The summed E-state index contributed by atoms with van der Waals surface area (Å²) in [4.78, 5) is 15.1. The van der Waals surface area contributed by atoms with E-state index in [1.165, 1.54) is 18.6 Å². The van der Waals surface area contributed by atoms with Gasteiger partial charge in [0.2, 0.25) is 0 Å². The smallest absolute Gasteiger partial charge is 0.255 e. The number of fused-ring (bicyclic) bond motifs is 1. The molecule has 0 bridgehead atoms. The van der Waals surface area contributed by atoms with E-state index in [-0.39, 0.29) is 5.91 Å². The third-order valence-corrected chi connectivity index (χ3v) is 5.80. The van der Waals surface area contributed by atoms with E-state index in [9.17, 15) is 9.18 Å². The Balaban J connectivity index is 1.59. The molecule has 162 valence electrons. The van der Waals surface area contributed by atoms with Gasteiger partial charge in [0.25, 0.3) is 5.91 Å². The molecule has 31 heavy (non-hydrogen) atoms. The minimum atomic E-state index is -0.402. The highest BCUT2D eigenvalue weighted by molar-refractivity contribution is 6.17. The van der Waals surface area contributed by atoms with E-state index in [0.29, 0.717) is 23.7 Å². The third-order valence-electron chi connectivity index (χ3n) is 5.53. The minimum Gasteiger partial charge on any atom is -0.493 e. The molecule has 1 N–H and O–H groups in total. The molecule has 0 unspecified atom stereocenters. The van der Waals surface area contributed by atoms with Crippen molar-refractivity contribution < 1.29 is 13.9 Å². The molecule has 1 heterocycles. The van der Waals surface area contributed by atoms with Crippen LogP contribution in [0.1, 0.15) is 36.0 Å². The summed E-state index contributed by atoms with van der Waals surface area (Å²) in [5.41, 5.74) is 1.74. The van der Waals surface area contributed by atoms with Gasteiger partial charge in [0, 0.05) is 46.7 Å². The van der Waals surface area contributed by atoms with Crippen molar-refractivity contribution in [2.75, 3.05) is 35.8 Å². The number of benzene rings is 3. The molecule has 6 heteroatoms. The molecule has 1 aliphatic heterocycles. The molecule has 0 aromatic heterocycles. The summed E-state index contributed by atoms with van der Waals surface area (Å²) in [6.07, 6.45) is 4.12. The molecule has 1 amide bonds. The van der Waals surface area contributed by atoms with Crippen molar-refractivity contribution in [3.63, 3.8) is 0 Å². The summed E-state index contributed by atoms with van der Waals surface area (Å²) >= 11 is 5.74. The van der Waals surface area contributed by atoms with Crippen LogP contribution in [0.4, 0.5) is 15.8 Å². The first kappa shape index (κ1) is 21.4. The normalized spacial score (nSPS) is 13.9. The predicted molar refractivity (Wildman–Crippen MR) is 125 cm³/mol. The average molecular weight is 441 g/mol. The van der Waals surface area contributed by atoms with E-state index in [1.807, 2.05) is 36.4 Å². The molecule has 0 aliphatic carbocycles. The fourth-order valence-corrected chi connectivity index (χ4v) is 4.09. The van der Waals surface area contributed by atoms with Gasteiger partial charge in [-0.25, -0.2) is 4.39 Å². The Kier molecular flexibility index (Phi) is 6.92. The largest absolute Gasteiger partial charge is 0.493 e. The number of hydrogen-bond donors (Lipinski definition) is 1. The van der Waals surface area contributed by atoms with Crippen LogP contribution in [0.2, 0.25) is 0 Å². The number of anilines is 2. The Bertz CT molecular complexity index is 1070. The van der Waals surface area contributed by atoms with Crippen LogP contribution in [0.5, 0.6) is 5.75 Å². The molecule has 0 radical (unpaired) electrons. The molecular formula is C25H26ClFN2O2. The van der Waals surface area contributed by atoms with Gasteiger partial charge in [-0.3, -0.25) is 4.79 Å². The topological polar surface area (TPSA) is 41.6 Å². The molecule has 0 atom stereocenters. The van der Waals surface area contributed by atoms with Crippen LogP contribution in [0.3, 0.4) is 0 Å². The number of nitrogens with zero attached hydrogens (tertiary/aromatic N) is 1. The zero-order chi connectivity index (χ0) is 21.6. The van der Waals surface area contributed by atoms with Crippen LogP contribution in [0.15, 0.2) is 54.6 Å². The van der Waals surface area contributed by atoms with Crippen LogP contribution in [-0.4, -0.2) is 31.5 Å². The highest BCUT2D eigenvalue weighted by Crippen LogP contribution is 2.32.